The Morgan fingerprint density at radius 3 is 1.36 bits per heavy atom. The molecule has 2 aromatic carbocycles. The fourth-order valence-corrected chi connectivity index (χ4v) is 4.81. The van der Waals surface area contributed by atoms with Gasteiger partial charge < -0.3 is 0 Å². The van der Waals surface area contributed by atoms with Crippen LogP contribution in [0.15, 0.2) is 24.3 Å². The molecule has 2 fully saturated rings. The van der Waals surface area contributed by atoms with Gasteiger partial charge in [0.15, 0.2) is 5.78 Å². The van der Waals surface area contributed by atoms with Crippen LogP contribution in [0.1, 0.15) is 90.3 Å². The van der Waals surface area contributed by atoms with Crippen LogP contribution in [-0.4, -0.2) is 5.78 Å². The number of carbonyl (C=O) groups excluding carboxylic acids is 1. The Balaban J connectivity index is 1.76. The fraction of sp³-hybridized carbons (Fsp3) is 0.435. The number of benzene rings is 2. The molecule has 2 saturated carbocycles. The Labute approximate surface area is 161 Å². The second-order valence-electron chi connectivity index (χ2n) is 7.94. The first-order valence-electron chi connectivity index (χ1n) is 9.99. The largest absolute Gasteiger partial charge is 0.288 e. The summed E-state index contributed by atoms with van der Waals surface area (Å²) in [6.45, 7) is 0. The normalized spacial score (nSPS) is 18.1. The second kappa shape index (κ2) is 7.69. The van der Waals surface area contributed by atoms with Crippen molar-refractivity contribution >= 4 is 5.78 Å². The molecule has 0 aliphatic heterocycles. The van der Waals surface area contributed by atoms with Crippen LogP contribution in [-0.2, 0) is 0 Å². The number of hydrogen-bond donors (Lipinski definition) is 0. The topological polar surface area (TPSA) is 17.1 Å². The van der Waals surface area contributed by atoms with Crippen LogP contribution in [0.3, 0.4) is 0 Å². The quantitative estimate of drug-likeness (QED) is 0.415. The summed E-state index contributed by atoms with van der Waals surface area (Å²) in [5.74, 6) is -4.57. The molecule has 0 amide bonds. The van der Waals surface area contributed by atoms with Crippen molar-refractivity contribution in [2.24, 2.45) is 0 Å². The van der Waals surface area contributed by atoms with Gasteiger partial charge in [0, 0.05) is 11.1 Å². The molecule has 0 heterocycles. The number of ketones is 1. The van der Waals surface area contributed by atoms with E-state index in [1.807, 2.05) is 0 Å². The minimum atomic E-state index is -0.914. The molecule has 148 valence electrons. The lowest BCUT2D eigenvalue weighted by molar-refractivity contribution is 0.103. The molecule has 4 rings (SSSR count). The molecule has 0 N–H and O–H groups in total. The average molecular weight is 390 g/mol. The van der Waals surface area contributed by atoms with Gasteiger partial charge in [-0.2, -0.15) is 0 Å². The molecule has 0 saturated heterocycles. The van der Waals surface area contributed by atoms with E-state index in [9.17, 15) is 13.6 Å². The Hall–Kier alpha value is -2.17. The van der Waals surface area contributed by atoms with Gasteiger partial charge in [-0.05, 0) is 61.8 Å². The molecule has 0 aromatic heterocycles. The third kappa shape index (κ3) is 3.25. The van der Waals surface area contributed by atoms with Gasteiger partial charge in [-0.15, -0.1) is 0 Å². The van der Waals surface area contributed by atoms with Crippen molar-refractivity contribution < 1.29 is 22.4 Å². The van der Waals surface area contributed by atoms with Gasteiger partial charge in [0.2, 0.25) is 0 Å². The van der Waals surface area contributed by atoms with Crippen molar-refractivity contribution in [3.8, 4) is 0 Å². The molecule has 0 bridgehead atoms. The number of rotatable bonds is 4. The molecule has 28 heavy (non-hydrogen) atoms. The second-order valence-corrected chi connectivity index (χ2v) is 7.94. The molecule has 0 atom stereocenters. The lowest BCUT2D eigenvalue weighted by Crippen LogP contribution is -2.14. The molecule has 2 aliphatic carbocycles. The minimum Gasteiger partial charge on any atom is -0.288 e. The Bertz CT molecular complexity index is 836. The third-order valence-electron chi connectivity index (χ3n) is 6.27. The van der Waals surface area contributed by atoms with Crippen LogP contribution in [0.5, 0.6) is 0 Å². The van der Waals surface area contributed by atoms with E-state index < -0.39 is 29.1 Å². The first-order valence-corrected chi connectivity index (χ1v) is 9.99. The molecule has 2 aromatic rings. The zero-order valence-corrected chi connectivity index (χ0v) is 15.5. The maximum absolute atomic E-state index is 15.1. The minimum absolute atomic E-state index is 0.0816. The Kier molecular flexibility index (Phi) is 5.26. The summed E-state index contributed by atoms with van der Waals surface area (Å²) < 4.78 is 58.7. The summed E-state index contributed by atoms with van der Waals surface area (Å²) >= 11 is 0. The maximum atomic E-state index is 15.1. The summed E-state index contributed by atoms with van der Waals surface area (Å²) in [4.78, 5) is 12.9. The molecular weight excluding hydrogens is 368 g/mol. The molecule has 5 heteroatoms. The van der Waals surface area contributed by atoms with Crippen LogP contribution in [0.25, 0.3) is 0 Å². The highest BCUT2D eigenvalue weighted by Crippen LogP contribution is 2.40. The van der Waals surface area contributed by atoms with Crippen molar-refractivity contribution in [2.45, 2.75) is 63.2 Å². The first-order chi connectivity index (χ1) is 13.5. The highest BCUT2D eigenvalue weighted by Gasteiger charge is 2.31. The summed E-state index contributed by atoms with van der Waals surface area (Å²) in [5.41, 5.74) is -0.874. The summed E-state index contributed by atoms with van der Waals surface area (Å²) in [6.07, 6.45) is 6.23. The smallest absolute Gasteiger partial charge is 0.198 e. The van der Waals surface area contributed by atoms with Crippen LogP contribution >= 0.6 is 0 Å². The summed E-state index contributed by atoms with van der Waals surface area (Å²) in [7, 11) is 0. The van der Waals surface area contributed by atoms with Gasteiger partial charge in [0.25, 0.3) is 0 Å². The molecule has 0 unspecified atom stereocenters. The van der Waals surface area contributed by atoms with Crippen LogP contribution in [0.2, 0.25) is 0 Å². The summed E-state index contributed by atoms with van der Waals surface area (Å²) in [6, 6.07) is 4.26. The van der Waals surface area contributed by atoms with Crippen molar-refractivity contribution in [1.82, 2.24) is 0 Å². The van der Waals surface area contributed by atoms with Crippen molar-refractivity contribution in [3.05, 3.63) is 69.8 Å². The fourth-order valence-electron chi connectivity index (χ4n) is 4.81. The molecule has 2 aliphatic rings. The number of carbonyl (C=O) groups is 1. The monoisotopic (exact) mass is 390 g/mol. The average Bonchev–Trinajstić information content (AvgIpc) is 3.36. The van der Waals surface area contributed by atoms with Gasteiger partial charge in [0.05, 0.1) is 11.1 Å². The number of halogens is 4. The van der Waals surface area contributed by atoms with Gasteiger partial charge in [0.1, 0.15) is 23.3 Å². The highest BCUT2D eigenvalue weighted by atomic mass is 19.1. The van der Waals surface area contributed by atoms with Gasteiger partial charge in [-0.3, -0.25) is 4.79 Å². The van der Waals surface area contributed by atoms with Gasteiger partial charge in [-0.25, -0.2) is 17.6 Å². The maximum Gasteiger partial charge on any atom is 0.198 e. The standard InChI is InChI=1S/C23H22F4O/c24-17-11-9-15(21(26)19(17)13-5-1-2-6-13)23(28)16-10-12-18(25)20(22(16)27)14-7-3-4-8-14/h9-14H,1-8H2. The van der Waals surface area contributed by atoms with E-state index in [0.29, 0.717) is 25.7 Å². The highest BCUT2D eigenvalue weighted by molar-refractivity contribution is 6.09. The molecular formula is C23H22F4O. The van der Waals surface area contributed by atoms with Crippen molar-refractivity contribution in [2.75, 3.05) is 0 Å². The van der Waals surface area contributed by atoms with Crippen LogP contribution in [0, 0.1) is 23.3 Å². The predicted molar refractivity (Wildman–Crippen MR) is 98.6 cm³/mol. The molecule has 1 nitrogen and oxygen atoms in total. The van der Waals surface area contributed by atoms with E-state index in [1.54, 1.807) is 0 Å². The van der Waals surface area contributed by atoms with E-state index in [1.165, 1.54) is 0 Å². The number of hydrogen-bond acceptors (Lipinski definition) is 1. The van der Waals surface area contributed by atoms with Gasteiger partial charge >= 0.3 is 0 Å². The SMILES string of the molecule is O=C(c1ccc(F)c(C2CCCC2)c1F)c1ccc(F)c(C2CCCC2)c1F. The lowest BCUT2D eigenvalue weighted by Gasteiger charge is -2.16. The predicted octanol–water partition coefficient (Wildman–Crippen LogP) is 6.79. The summed E-state index contributed by atoms with van der Waals surface area (Å²) in [5, 5.41) is 0. The van der Waals surface area contributed by atoms with Gasteiger partial charge in [-0.1, -0.05) is 25.7 Å². The van der Waals surface area contributed by atoms with Crippen molar-refractivity contribution in [1.29, 1.82) is 0 Å². The first kappa shape index (κ1) is 19.2. The van der Waals surface area contributed by atoms with Crippen LogP contribution in [0.4, 0.5) is 17.6 Å². The lowest BCUT2D eigenvalue weighted by atomic mass is 9.89. The van der Waals surface area contributed by atoms with E-state index >= 15 is 8.78 Å². The third-order valence-corrected chi connectivity index (χ3v) is 6.27. The Morgan fingerprint density at radius 2 is 1.00 bits per heavy atom. The zero-order chi connectivity index (χ0) is 19.8. The van der Waals surface area contributed by atoms with Crippen molar-refractivity contribution in [3.63, 3.8) is 0 Å². The Morgan fingerprint density at radius 1 is 0.643 bits per heavy atom. The van der Waals surface area contributed by atoms with Crippen LogP contribution < -0.4 is 0 Å². The van der Waals surface area contributed by atoms with E-state index in [-0.39, 0.29) is 34.1 Å². The molecule has 0 radical (unpaired) electrons. The van der Waals surface area contributed by atoms with E-state index in [2.05, 4.69) is 0 Å². The molecule has 0 spiro atoms. The van der Waals surface area contributed by atoms with E-state index in [0.717, 1.165) is 49.9 Å². The van der Waals surface area contributed by atoms with E-state index in [4.69, 9.17) is 0 Å². The zero-order valence-electron chi connectivity index (χ0n) is 15.5.